The Morgan fingerprint density at radius 3 is 2.79 bits per heavy atom. The average Bonchev–Trinajstić information content (AvgIpc) is 3.27. The molecule has 11 heteroatoms. The van der Waals surface area contributed by atoms with Crippen LogP contribution >= 0.6 is 35.1 Å². The molecule has 1 aromatic carbocycles. The highest BCUT2D eigenvalue weighted by Crippen LogP contribution is 2.42. The smallest absolute Gasteiger partial charge is 0.191 e. The van der Waals surface area contributed by atoms with Gasteiger partial charge >= 0.3 is 0 Å². The van der Waals surface area contributed by atoms with Crippen molar-refractivity contribution in [3.8, 4) is 17.1 Å². The van der Waals surface area contributed by atoms with E-state index in [4.69, 9.17) is 16.3 Å². The first-order chi connectivity index (χ1) is 16.3. The largest absolute Gasteiger partial charge is 0.484 e. The van der Waals surface area contributed by atoms with Gasteiger partial charge in [-0.25, -0.2) is 0 Å². The number of halogens is 1. The van der Waals surface area contributed by atoms with Crippen LogP contribution in [0.3, 0.4) is 0 Å². The van der Waals surface area contributed by atoms with Crippen molar-refractivity contribution in [3.63, 3.8) is 0 Å². The molecule has 6 rings (SSSR count). The van der Waals surface area contributed by atoms with Gasteiger partial charge in [0.2, 0.25) is 0 Å². The van der Waals surface area contributed by atoms with Crippen LogP contribution in [0.1, 0.15) is 30.7 Å². The van der Waals surface area contributed by atoms with Gasteiger partial charge in [-0.15, -0.1) is 20.4 Å². The van der Waals surface area contributed by atoms with E-state index >= 15 is 0 Å². The molecule has 0 saturated heterocycles. The molecular formula is C22H20ClN7OS2. The zero-order valence-corrected chi connectivity index (χ0v) is 19.9. The second-order valence-electron chi connectivity index (χ2n) is 7.91. The Morgan fingerprint density at radius 2 is 1.97 bits per heavy atom. The highest BCUT2D eigenvalue weighted by Gasteiger charge is 2.32. The minimum absolute atomic E-state index is 0.271. The maximum atomic E-state index is 6.23. The van der Waals surface area contributed by atoms with E-state index < -0.39 is 0 Å². The lowest BCUT2D eigenvalue weighted by atomic mass is 10.2. The average molecular weight is 498 g/mol. The van der Waals surface area contributed by atoms with Gasteiger partial charge in [0.05, 0.1) is 11.1 Å². The SMILES string of the molecule is Clc1ccccc1OCc1nnc(SCC2CSc3nnc(-c4cccnc4)n32)n1C1CC1. The summed E-state index contributed by atoms with van der Waals surface area (Å²) in [7, 11) is 0. The third-order valence-electron chi connectivity index (χ3n) is 5.60. The van der Waals surface area contributed by atoms with Crippen LogP contribution in [-0.2, 0) is 6.61 Å². The molecule has 0 amide bonds. The first-order valence-electron chi connectivity index (χ1n) is 10.7. The molecule has 0 spiro atoms. The predicted molar refractivity (Wildman–Crippen MR) is 128 cm³/mol. The molecule has 1 unspecified atom stereocenters. The second kappa shape index (κ2) is 9.00. The highest BCUT2D eigenvalue weighted by atomic mass is 35.5. The Hall–Kier alpha value is -2.56. The summed E-state index contributed by atoms with van der Waals surface area (Å²) in [5.74, 6) is 4.19. The van der Waals surface area contributed by atoms with E-state index in [9.17, 15) is 0 Å². The molecule has 1 aliphatic carbocycles. The van der Waals surface area contributed by atoms with Crippen LogP contribution in [0.25, 0.3) is 11.4 Å². The molecule has 1 atom stereocenters. The maximum Gasteiger partial charge on any atom is 0.191 e. The van der Waals surface area contributed by atoms with Crippen molar-refractivity contribution < 1.29 is 4.74 Å². The fourth-order valence-corrected chi connectivity index (χ4v) is 6.36. The molecule has 33 heavy (non-hydrogen) atoms. The molecule has 168 valence electrons. The first kappa shape index (κ1) is 21.0. The number of pyridine rings is 1. The number of ether oxygens (including phenoxy) is 1. The molecule has 2 aliphatic rings. The molecule has 3 aromatic heterocycles. The molecule has 0 radical (unpaired) electrons. The van der Waals surface area contributed by atoms with Crippen LogP contribution in [0, 0.1) is 0 Å². The Labute approximate surface area is 204 Å². The zero-order valence-electron chi connectivity index (χ0n) is 17.5. The highest BCUT2D eigenvalue weighted by molar-refractivity contribution is 8.00. The summed E-state index contributed by atoms with van der Waals surface area (Å²) in [6, 6.07) is 12.1. The van der Waals surface area contributed by atoms with Crippen molar-refractivity contribution >= 4 is 35.1 Å². The number of fused-ring (bicyclic) bond motifs is 1. The van der Waals surface area contributed by atoms with Crippen LogP contribution in [0.15, 0.2) is 59.1 Å². The number of aromatic nitrogens is 7. The Kier molecular flexibility index (Phi) is 5.73. The van der Waals surface area contributed by atoms with Crippen molar-refractivity contribution in [1.82, 2.24) is 34.5 Å². The van der Waals surface area contributed by atoms with Gasteiger partial charge in [0.25, 0.3) is 0 Å². The van der Waals surface area contributed by atoms with Gasteiger partial charge in [-0.3, -0.25) is 9.55 Å². The number of rotatable bonds is 8. The molecular weight excluding hydrogens is 478 g/mol. The number of para-hydroxylation sites is 1. The van der Waals surface area contributed by atoms with E-state index in [0.29, 0.717) is 23.4 Å². The third kappa shape index (κ3) is 4.22. The van der Waals surface area contributed by atoms with Crippen molar-refractivity contribution in [2.75, 3.05) is 11.5 Å². The van der Waals surface area contributed by atoms with Crippen LogP contribution < -0.4 is 4.74 Å². The van der Waals surface area contributed by atoms with Gasteiger partial charge in [-0.1, -0.05) is 47.3 Å². The number of hydrogen-bond acceptors (Lipinski definition) is 8. The number of nitrogens with zero attached hydrogens (tertiary/aromatic N) is 7. The molecule has 4 aromatic rings. The molecule has 0 bridgehead atoms. The van der Waals surface area contributed by atoms with Gasteiger partial charge in [-0.05, 0) is 37.1 Å². The summed E-state index contributed by atoms with van der Waals surface area (Å²) in [6.45, 7) is 0.341. The monoisotopic (exact) mass is 497 g/mol. The number of benzene rings is 1. The standard InChI is InChI=1S/C22H20ClN7OS2/c23-17-5-1-2-6-18(17)31-11-19-25-27-21(29(19)15-7-8-15)32-12-16-13-33-22-28-26-20(30(16)22)14-4-3-9-24-10-14/h1-6,9-10,15-16H,7-8,11-13H2. The lowest BCUT2D eigenvalue weighted by molar-refractivity contribution is 0.288. The zero-order chi connectivity index (χ0) is 22.2. The van der Waals surface area contributed by atoms with Crippen molar-refractivity contribution in [2.24, 2.45) is 0 Å². The molecule has 1 fully saturated rings. The molecule has 0 N–H and O–H groups in total. The number of thioether (sulfide) groups is 2. The van der Waals surface area contributed by atoms with Crippen molar-refractivity contribution in [3.05, 3.63) is 59.6 Å². The molecule has 8 nitrogen and oxygen atoms in total. The molecule has 1 aliphatic heterocycles. The first-order valence-corrected chi connectivity index (χ1v) is 13.0. The summed E-state index contributed by atoms with van der Waals surface area (Å²) in [4.78, 5) is 4.24. The fourth-order valence-electron chi connectivity index (χ4n) is 3.84. The quantitative estimate of drug-likeness (QED) is 0.316. The van der Waals surface area contributed by atoms with Gasteiger partial charge in [0.15, 0.2) is 22.0 Å². The minimum atomic E-state index is 0.271. The molecule has 1 saturated carbocycles. The Bertz CT molecular complexity index is 1280. The van der Waals surface area contributed by atoms with E-state index in [1.807, 2.05) is 42.6 Å². The summed E-state index contributed by atoms with van der Waals surface area (Å²) in [5, 5.41) is 20.2. The van der Waals surface area contributed by atoms with Gasteiger partial charge in [0.1, 0.15) is 12.4 Å². The third-order valence-corrected chi connectivity index (χ3v) is 8.09. The fraction of sp³-hybridized carbons (Fsp3) is 0.318. The lowest BCUT2D eigenvalue weighted by Gasteiger charge is -2.15. The van der Waals surface area contributed by atoms with E-state index in [1.54, 1.807) is 29.7 Å². The minimum Gasteiger partial charge on any atom is -0.484 e. The summed E-state index contributed by atoms with van der Waals surface area (Å²) in [5.41, 5.74) is 0.980. The van der Waals surface area contributed by atoms with Crippen LogP contribution in [0.2, 0.25) is 5.02 Å². The summed E-state index contributed by atoms with van der Waals surface area (Å²) in [6.07, 6.45) is 5.89. The van der Waals surface area contributed by atoms with Gasteiger partial charge in [-0.2, -0.15) is 0 Å². The second-order valence-corrected chi connectivity index (χ2v) is 10.3. The lowest BCUT2D eigenvalue weighted by Crippen LogP contribution is -2.12. The normalized spacial score (nSPS) is 17.3. The van der Waals surface area contributed by atoms with Crippen LogP contribution in [-0.4, -0.2) is 46.0 Å². The van der Waals surface area contributed by atoms with E-state index in [0.717, 1.165) is 51.9 Å². The van der Waals surface area contributed by atoms with E-state index in [2.05, 4.69) is 34.5 Å². The van der Waals surface area contributed by atoms with Crippen LogP contribution in [0.5, 0.6) is 5.75 Å². The summed E-state index contributed by atoms with van der Waals surface area (Å²) < 4.78 is 10.4. The van der Waals surface area contributed by atoms with Crippen LogP contribution in [0.4, 0.5) is 0 Å². The Balaban J connectivity index is 1.19. The van der Waals surface area contributed by atoms with Crippen molar-refractivity contribution in [2.45, 2.75) is 41.8 Å². The Morgan fingerprint density at radius 1 is 1.06 bits per heavy atom. The van der Waals surface area contributed by atoms with E-state index in [-0.39, 0.29) is 6.04 Å². The predicted octanol–water partition coefficient (Wildman–Crippen LogP) is 4.94. The van der Waals surface area contributed by atoms with Crippen molar-refractivity contribution in [1.29, 1.82) is 0 Å². The molecule has 4 heterocycles. The van der Waals surface area contributed by atoms with Gasteiger partial charge < -0.3 is 9.30 Å². The van der Waals surface area contributed by atoms with E-state index in [1.165, 1.54) is 0 Å². The number of hydrogen-bond donors (Lipinski definition) is 0. The topological polar surface area (TPSA) is 83.5 Å². The summed E-state index contributed by atoms with van der Waals surface area (Å²) >= 11 is 9.70. The maximum absolute atomic E-state index is 6.23. The van der Waals surface area contributed by atoms with Gasteiger partial charge in [0, 0.05) is 35.5 Å².